The summed E-state index contributed by atoms with van der Waals surface area (Å²) in [6.07, 6.45) is 0. The Morgan fingerprint density at radius 2 is 0.414 bits per heavy atom. The van der Waals surface area contributed by atoms with Crippen LogP contribution in [-0.2, 0) is 19.2 Å². The number of carboxylic acid groups (broad SMARTS) is 4. The van der Waals surface area contributed by atoms with Crippen molar-refractivity contribution >= 4 is 47.8 Å². The molecule has 0 heterocycles. The molecule has 0 bridgehead atoms. The topological polar surface area (TPSA) is 161 Å². The van der Waals surface area contributed by atoms with Crippen LogP contribution in [-0.4, -0.2) is 47.8 Å². The molecular formula is C20H36O8Sn. The first-order valence-corrected chi connectivity index (χ1v) is 8.63. The summed E-state index contributed by atoms with van der Waals surface area (Å²) in [6, 6.07) is 0. The number of rotatable bonds is 0. The molecule has 0 aromatic heterocycles. The predicted molar refractivity (Wildman–Crippen MR) is 104 cm³/mol. The number of aliphatic carboxylic acids is 4. The van der Waals surface area contributed by atoms with Crippen molar-refractivity contribution in [2.45, 2.75) is 83.1 Å². The molecule has 168 valence electrons. The second-order valence-electron chi connectivity index (χ2n) is 10.1. The van der Waals surface area contributed by atoms with E-state index in [0.29, 0.717) is 0 Å². The zero-order valence-electron chi connectivity index (χ0n) is 19.8. The molecule has 0 aliphatic rings. The molecule has 0 spiro atoms. The van der Waals surface area contributed by atoms with E-state index in [1.54, 1.807) is 83.1 Å². The van der Waals surface area contributed by atoms with Gasteiger partial charge in [-0.3, -0.25) is 0 Å². The molecule has 0 atom stereocenters. The van der Waals surface area contributed by atoms with E-state index in [1.807, 2.05) is 0 Å². The van der Waals surface area contributed by atoms with Gasteiger partial charge in [-0.15, -0.1) is 0 Å². The van der Waals surface area contributed by atoms with Crippen LogP contribution in [0.3, 0.4) is 0 Å². The van der Waals surface area contributed by atoms with E-state index in [9.17, 15) is 39.6 Å². The van der Waals surface area contributed by atoms with Gasteiger partial charge in [0.05, 0.1) is 0 Å². The summed E-state index contributed by atoms with van der Waals surface area (Å²) in [5.41, 5.74) is -2.78. The van der Waals surface area contributed by atoms with Gasteiger partial charge >= 0.3 is 23.9 Å². The molecule has 0 aliphatic carbocycles. The molecule has 29 heavy (non-hydrogen) atoms. The van der Waals surface area contributed by atoms with Gasteiger partial charge in [0.25, 0.3) is 0 Å². The molecule has 0 radical (unpaired) electrons. The molecule has 9 heteroatoms. The Hall–Kier alpha value is -1.32. The third-order valence-electron chi connectivity index (χ3n) is 2.45. The standard InChI is InChI=1S/4C5H10O2.Sn/c4*1-5(2,3)4(6)7;/h4*1-3H3,(H,6,7);/q;;;;+4/p-4. The molecular weight excluding hydrogens is 487 g/mol. The molecule has 0 saturated heterocycles. The van der Waals surface area contributed by atoms with Crippen LogP contribution in [0.1, 0.15) is 83.1 Å². The summed E-state index contributed by atoms with van der Waals surface area (Å²) < 4.78 is 0. The maximum Gasteiger partial charge on any atom is 4.00 e. The molecule has 8 nitrogen and oxygen atoms in total. The normalized spacial score (nSPS) is 10.9. The van der Waals surface area contributed by atoms with E-state index in [1.165, 1.54) is 0 Å². The van der Waals surface area contributed by atoms with Gasteiger partial charge in [0.15, 0.2) is 0 Å². The molecule has 0 unspecified atom stereocenters. The molecule has 0 aliphatic heterocycles. The van der Waals surface area contributed by atoms with E-state index in [4.69, 9.17) is 0 Å². The van der Waals surface area contributed by atoms with Gasteiger partial charge in [0.1, 0.15) is 0 Å². The van der Waals surface area contributed by atoms with Crippen LogP contribution in [0.4, 0.5) is 0 Å². The summed E-state index contributed by atoms with van der Waals surface area (Å²) in [5.74, 6) is -4.03. The summed E-state index contributed by atoms with van der Waals surface area (Å²) in [4.78, 5) is 39.6. The second-order valence-corrected chi connectivity index (χ2v) is 10.1. The van der Waals surface area contributed by atoms with Gasteiger partial charge in [-0.1, -0.05) is 83.1 Å². The minimum atomic E-state index is -1.01. The van der Waals surface area contributed by atoms with Crippen molar-refractivity contribution in [3.63, 3.8) is 0 Å². The smallest absolute Gasteiger partial charge is 0.550 e. The quantitative estimate of drug-likeness (QED) is 0.356. The minimum absolute atomic E-state index is 0. The number of carboxylic acids is 4. The van der Waals surface area contributed by atoms with Gasteiger partial charge in [0.2, 0.25) is 0 Å². The molecule has 0 aromatic carbocycles. The number of carbonyl (C=O) groups excluding carboxylic acids is 4. The Morgan fingerprint density at radius 3 is 0.414 bits per heavy atom. The van der Waals surface area contributed by atoms with E-state index in [2.05, 4.69) is 0 Å². The van der Waals surface area contributed by atoms with Gasteiger partial charge in [0, 0.05) is 45.5 Å². The number of hydrogen-bond acceptors (Lipinski definition) is 8. The summed E-state index contributed by atoms with van der Waals surface area (Å²) in [5, 5.41) is 39.6. The third kappa shape index (κ3) is 31.6. The zero-order chi connectivity index (χ0) is 24.3. The van der Waals surface area contributed by atoms with Crippen LogP contribution >= 0.6 is 0 Å². The first-order chi connectivity index (χ1) is 11.8. The number of hydrogen-bond donors (Lipinski definition) is 0. The zero-order valence-corrected chi connectivity index (χ0v) is 22.6. The SMILES string of the molecule is CC(C)(C)C(=O)[O-].CC(C)(C)C(=O)[O-].CC(C)(C)C(=O)[O-].CC(C)(C)C(=O)[O-].[Sn+4]. The average molecular weight is 523 g/mol. The maximum atomic E-state index is 9.91. The minimum Gasteiger partial charge on any atom is -0.550 e. The first kappa shape index (κ1) is 38.3. The predicted octanol–water partition coefficient (Wildman–Crippen LogP) is -1.25. The van der Waals surface area contributed by atoms with E-state index < -0.39 is 45.5 Å². The average Bonchev–Trinajstić information content (AvgIpc) is 2.35. The Balaban J connectivity index is -0.0000000873. The van der Waals surface area contributed by atoms with Crippen LogP contribution in [0, 0.1) is 21.7 Å². The maximum absolute atomic E-state index is 9.91. The molecule has 0 rings (SSSR count). The number of carbonyl (C=O) groups is 4. The van der Waals surface area contributed by atoms with Crippen LogP contribution in [0.2, 0.25) is 0 Å². The monoisotopic (exact) mass is 524 g/mol. The van der Waals surface area contributed by atoms with Crippen molar-refractivity contribution in [3.05, 3.63) is 0 Å². The Labute approximate surface area is 192 Å². The largest absolute Gasteiger partial charge is 4.00 e. The van der Waals surface area contributed by atoms with E-state index in [-0.39, 0.29) is 23.9 Å². The van der Waals surface area contributed by atoms with E-state index >= 15 is 0 Å². The van der Waals surface area contributed by atoms with Gasteiger partial charge in [-0.05, 0) is 0 Å². The van der Waals surface area contributed by atoms with Crippen LogP contribution in [0.25, 0.3) is 0 Å². The fourth-order valence-corrected chi connectivity index (χ4v) is 0. The van der Waals surface area contributed by atoms with Crippen molar-refractivity contribution in [1.82, 2.24) is 0 Å². The Bertz CT molecular complexity index is 417. The van der Waals surface area contributed by atoms with Crippen molar-refractivity contribution in [3.8, 4) is 0 Å². The van der Waals surface area contributed by atoms with Crippen LogP contribution in [0.5, 0.6) is 0 Å². The van der Waals surface area contributed by atoms with Gasteiger partial charge in [-0.2, -0.15) is 0 Å². The Kier molecular flexibility index (Phi) is 19.3. The van der Waals surface area contributed by atoms with Gasteiger partial charge in [-0.25, -0.2) is 0 Å². The summed E-state index contributed by atoms with van der Waals surface area (Å²) >= 11 is 0. The first-order valence-electron chi connectivity index (χ1n) is 8.63. The fraction of sp³-hybridized carbons (Fsp3) is 0.800. The van der Waals surface area contributed by atoms with Crippen molar-refractivity contribution in [2.75, 3.05) is 0 Å². The molecule has 0 fully saturated rings. The fourth-order valence-electron chi connectivity index (χ4n) is 0. The van der Waals surface area contributed by atoms with Crippen LogP contribution < -0.4 is 20.4 Å². The second kappa shape index (κ2) is 14.6. The van der Waals surface area contributed by atoms with E-state index in [0.717, 1.165) is 0 Å². The van der Waals surface area contributed by atoms with Crippen molar-refractivity contribution < 1.29 is 39.6 Å². The van der Waals surface area contributed by atoms with Crippen molar-refractivity contribution in [2.24, 2.45) is 21.7 Å². The van der Waals surface area contributed by atoms with Crippen molar-refractivity contribution in [1.29, 1.82) is 0 Å². The molecule has 0 amide bonds. The third-order valence-corrected chi connectivity index (χ3v) is 2.45. The molecule has 0 N–H and O–H groups in total. The summed E-state index contributed by atoms with van der Waals surface area (Å²) in [7, 11) is 0. The van der Waals surface area contributed by atoms with Crippen LogP contribution in [0.15, 0.2) is 0 Å². The molecule has 0 saturated carbocycles. The van der Waals surface area contributed by atoms with Gasteiger partial charge < -0.3 is 39.6 Å². The summed E-state index contributed by atoms with van der Waals surface area (Å²) in [6.45, 7) is 19.2. The molecule has 0 aromatic rings. The Morgan fingerprint density at radius 1 is 0.379 bits per heavy atom.